The van der Waals surface area contributed by atoms with Gasteiger partial charge in [-0.3, -0.25) is 4.79 Å². The first-order chi connectivity index (χ1) is 13.1. The lowest BCUT2D eigenvalue weighted by atomic mass is 10.2. The van der Waals surface area contributed by atoms with Gasteiger partial charge in [-0.15, -0.1) is 0 Å². The van der Waals surface area contributed by atoms with Gasteiger partial charge in [-0.2, -0.15) is 4.99 Å². The number of likely N-dealkylation sites (tertiary alicyclic amines) is 1. The van der Waals surface area contributed by atoms with E-state index in [1.165, 1.54) is 25.9 Å². The minimum absolute atomic E-state index is 0.0626. The summed E-state index contributed by atoms with van der Waals surface area (Å²) in [5.41, 5.74) is 6.65. The SMILES string of the molecule is CNC(N)=NC(=O)c1cc2c(OC)cc(OCCCN3CCCC3)cc2[nH]1. The van der Waals surface area contributed by atoms with Crippen molar-refractivity contribution in [2.24, 2.45) is 10.7 Å². The summed E-state index contributed by atoms with van der Waals surface area (Å²) in [6.45, 7) is 4.09. The highest BCUT2D eigenvalue weighted by Gasteiger charge is 2.14. The minimum atomic E-state index is -0.451. The number of hydrogen-bond donors (Lipinski definition) is 3. The molecule has 0 saturated carbocycles. The number of aliphatic imine (C=N–C) groups is 1. The summed E-state index contributed by atoms with van der Waals surface area (Å²) in [5, 5.41) is 3.42. The zero-order valence-electron chi connectivity index (χ0n) is 15.9. The molecule has 0 bridgehead atoms. The van der Waals surface area contributed by atoms with Crippen LogP contribution in [0.3, 0.4) is 0 Å². The number of amides is 1. The molecule has 1 aromatic heterocycles. The summed E-state index contributed by atoms with van der Waals surface area (Å²) < 4.78 is 11.4. The Balaban J connectivity index is 1.70. The predicted molar refractivity (Wildman–Crippen MR) is 106 cm³/mol. The molecule has 1 aromatic carbocycles. The van der Waals surface area contributed by atoms with Crippen LogP contribution in [0.4, 0.5) is 0 Å². The van der Waals surface area contributed by atoms with Crippen LogP contribution in [0.5, 0.6) is 11.5 Å². The van der Waals surface area contributed by atoms with Crippen LogP contribution < -0.4 is 20.5 Å². The van der Waals surface area contributed by atoms with Gasteiger partial charge in [0.15, 0.2) is 5.96 Å². The number of nitrogens with two attached hydrogens (primary N) is 1. The fourth-order valence-electron chi connectivity index (χ4n) is 3.26. The Morgan fingerprint density at radius 3 is 2.81 bits per heavy atom. The third kappa shape index (κ3) is 4.71. The highest BCUT2D eigenvalue weighted by atomic mass is 16.5. The molecule has 2 heterocycles. The van der Waals surface area contributed by atoms with Crippen LogP contribution in [0, 0.1) is 0 Å². The maximum Gasteiger partial charge on any atom is 0.296 e. The van der Waals surface area contributed by atoms with E-state index in [1.807, 2.05) is 12.1 Å². The molecule has 4 N–H and O–H groups in total. The van der Waals surface area contributed by atoms with Gasteiger partial charge in [0.25, 0.3) is 5.91 Å². The van der Waals surface area contributed by atoms with E-state index in [4.69, 9.17) is 15.2 Å². The minimum Gasteiger partial charge on any atom is -0.496 e. The average molecular weight is 373 g/mol. The molecule has 8 nitrogen and oxygen atoms in total. The van der Waals surface area contributed by atoms with Crippen LogP contribution in [-0.2, 0) is 0 Å². The Morgan fingerprint density at radius 2 is 2.11 bits per heavy atom. The van der Waals surface area contributed by atoms with Gasteiger partial charge in [0.1, 0.15) is 17.2 Å². The van der Waals surface area contributed by atoms with Crippen molar-refractivity contribution in [3.8, 4) is 11.5 Å². The maximum atomic E-state index is 12.2. The van der Waals surface area contributed by atoms with Crippen LogP contribution in [0.15, 0.2) is 23.2 Å². The number of nitrogens with one attached hydrogen (secondary N) is 2. The number of rotatable bonds is 7. The Hall–Kier alpha value is -2.74. The highest BCUT2D eigenvalue weighted by molar-refractivity contribution is 6.04. The third-order valence-electron chi connectivity index (χ3n) is 4.69. The molecule has 1 aliphatic heterocycles. The van der Waals surface area contributed by atoms with Crippen molar-refractivity contribution >= 4 is 22.8 Å². The second-order valence-electron chi connectivity index (χ2n) is 6.57. The van der Waals surface area contributed by atoms with E-state index in [0.29, 0.717) is 23.8 Å². The van der Waals surface area contributed by atoms with E-state index in [9.17, 15) is 4.79 Å². The van der Waals surface area contributed by atoms with E-state index in [2.05, 4.69) is 20.2 Å². The lowest BCUT2D eigenvalue weighted by molar-refractivity contribution is 0.0998. The molecule has 1 aliphatic rings. The average Bonchev–Trinajstić information content (AvgIpc) is 3.33. The summed E-state index contributed by atoms with van der Waals surface area (Å²) in [4.78, 5) is 21.5. The number of hydrogen-bond acceptors (Lipinski definition) is 4. The van der Waals surface area contributed by atoms with Crippen molar-refractivity contribution in [2.45, 2.75) is 19.3 Å². The summed E-state index contributed by atoms with van der Waals surface area (Å²) in [5.74, 6) is 0.962. The number of nitrogens with zero attached hydrogens (tertiary/aromatic N) is 2. The van der Waals surface area contributed by atoms with Crippen molar-refractivity contribution in [1.29, 1.82) is 0 Å². The van der Waals surface area contributed by atoms with Gasteiger partial charge in [-0.1, -0.05) is 0 Å². The number of carbonyl (C=O) groups excluding carboxylic acids is 1. The fourth-order valence-corrected chi connectivity index (χ4v) is 3.26. The smallest absolute Gasteiger partial charge is 0.296 e. The van der Waals surface area contributed by atoms with Crippen molar-refractivity contribution in [1.82, 2.24) is 15.2 Å². The molecular weight excluding hydrogens is 346 g/mol. The third-order valence-corrected chi connectivity index (χ3v) is 4.69. The Kier molecular flexibility index (Phi) is 6.18. The summed E-state index contributed by atoms with van der Waals surface area (Å²) >= 11 is 0. The van der Waals surface area contributed by atoms with Gasteiger partial charge in [0, 0.05) is 31.1 Å². The summed E-state index contributed by atoms with van der Waals surface area (Å²) in [6, 6.07) is 5.42. The zero-order valence-corrected chi connectivity index (χ0v) is 15.9. The molecule has 0 atom stereocenters. The lowest BCUT2D eigenvalue weighted by Gasteiger charge is -2.14. The summed E-state index contributed by atoms with van der Waals surface area (Å²) in [7, 11) is 3.20. The van der Waals surface area contributed by atoms with Crippen LogP contribution in [-0.4, -0.2) is 62.1 Å². The first kappa shape index (κ1) is 19.0. The molecule has 27 heavy (non-hydrogen) atoms. The number of methoxy groups -OCH3 is 1. The molecule has 2 aromatic rings. The molecule has 1 fully saturated rings. The topological polar surface area (TPSA) is 105 Å². The van der Waals surface area contributed by atoms with E-state index >= 15 is 0 Å². The van der Waals surface area contributed by atoms with Crippen molar-refractivity contribution in [2.75, 3.05) is 40.4 Å². The second kappa shape index (κ2) is 8.77. The van der Waals surface area contributed by atoms with Gasteiger partial charge >= 0.3 is 0 Å². The Morgan fingerprint density at radius 1 is 1.33 bits per heavy atom. The largest absolute Gasteiger partial charge is 0.496 e. The number of H-pyrrole nitrogens is 1. The van der Waals surface area contributed by atoms with Gasteiger partial charge in [-0.25, -0.2) is 0 Å². The van der Waals surface area contributed by atoms with Crippen molar-refractivity contribution < 1.29 is 14.3 Å². The van der Waals surface area contributed by atoms with Gasteiger partial charge < -0.3 is 30.4 Å². The van der Waals surface area contributed by atoms with Gasteiger partial charge in [0.2, 0.25) is 0 Å². The van der Waals surface area contributed by atoms with E-state index in [1.54, 1.807) is 20.2 Å². The van der Waals surface area contributed by atoms with Crippen LogP contribution in [0.1, 0.15) is 29.8 Å². The molecule has 146 valence electrons. The number of carbonyl (C=O) groups is 1. The molecular formula is C19H27N5O3. The highest BCUT2D eigenvalue weighted by Crippen LogP contribution is 2.32. The number of ether oxygens (including phenoxy) is 2. The fraction of sp³-hybridized carbons (Fsp3) is 0.474. The first-order valence-electron chi connectivity index (χ1n) is 9.23. The standard InChI is InChI=1S/C19H27N5O3/c1-21-19(20)23-18(25)16-12-14-15(22-16)10-13(11-17(14)26-2)27-9-5-8-24-6-3-4-7-24/h10-12,22H,3-9H2,1-2H3,(H3,20,21,23,25). The predicted octanol–water partition coefficient (Wildman–Crippen LogP) is 1.72. The molecule has 1 amide bonds. The maximum absolute atomic E-state index is 12.2. The van der Waals surface area contributed by atoms with Gasteiger partial charge in [-0.05, 0) is 38.4 Å². The number of fused-ring (bicyclic) bond motifs is 1. The second-order valence-corrected chi connectivity index (χ2v) is 6.57. The molecule has 0 aliphatic carbocycles. The summed E-state index contributed by atoms with van der Waals surface area (Å²) in [6.07, 6.45) is 3.58. The van der Waals surface area contributed by atoms with Crippen molar-refractivity contribution in [3.63, 3.8) is 0 Å². The Labute approximate surface area is 158 Å². The Bertz CT molecular complexity index is 824. The molecule has 0 unspecified atom stereocenters. The first-order valence-corrected chi connectivity index (χ1v) is 9.23. The number of aromatic amines is 1. The van der Waals surface area contributed by atoms with Crippen LogP contribution in [0.2, 0.25) is 0 Å². The number of benzene rings is 1. The van der Waals surface area contributed by atoms with Crippen molar-refractivity contribution in [3.05, 3.63) is 23.9 Å². The van der Waals surface area contributed by atoms with E-state index in [0.717, 1.165) is 23.9 Å². The van der Waals surface area contributed by atoms with Gasteiger partial charge in [0.05, 0.1) is 19.2 Å². The lowest BCUT2D eigenvalue weighted by Crippen LogP contribution is -2.28. The normalized spacial score (nSPS) is 15.3. The molecule has 3 rings (SSSR count). The quantitative estimate of drug-likeness (QED) is 0.388. The monoisotopic (exact) mass is 373 g/mol. The van der Waals surface area contributed by atoms with E-state index < -0.39 is 5.91 Å². The number of guanidine groups is 1. The molecule has 0 spiro atoms. The molecule has 8 heteroatoms. The molecule has 1 saturated heterocycles. The molecule has 0 radical (unpaired) electrons. The number of aromatic nitrogens is 1. The van der Waals surface area contributed by atoms with Crippen LogP contribution >= 0.6 is 0 Å². The zero-order chi connectivity index (χ0) is 19.2. The van der Waals surface area contributed by atoms with Crippen LogP contribution in [0.25, 0.3) is 10.9 Å². The van der Waals surface area contributed by atoms with E-state index in [-0.39, 0.29) is 5.96 Å².